The fraction of sp³-hybridized carbons (Fsp3) is 0.591. The molecular weight excluding hydrogens is 372 g/mol. The molecule has 0 bridgehead atoms. The standard InChI is InChI=1S/C22H32N2O5/c1-21(2,3)28-19(26)24(20(27)29-22(4,5)6)17-13-12-16(14-23-18(17)25)15-10-8-7-9-11-15/h7-11,16-17H,12-14H2,1-6H3,(H,23,25). The van der Waals surface area contributed by atoms with E-state index >= 15 is 0 Å². The number of imide groups is 1. The molecule has 2 atom stereocenters. The zero-order valence-electron chi connectivity index (χ0n) is 18.2. The van der Waals surface area contributed by atoms with E-state index in [2.05, 4.69) is 5.32 Å². The molecule has 1 N–H and O–H groups in total. The van der Waals surface area contributed by atoms with Crippen molar-refractivity contribution in [3.8, 4) is 0 Å². The molecule has 160 valence electrons. The van der Waals surface area contributed by atoms with Crippen LogP contribution in [0.4, 0.5) is 9.59 Å². The lowest BCUT2D eigenvalue weighted by Crippen LogP contribution is -2.54. The van der Waals surface area contributed by atoms with E-state index < -0.39 is 29.4 Å². The van der Waals surface area contributed by atoms with Crippen molar-refractivity contribution in [2.24, 2.45) is 0 Å². The summed E-state index contributed by atoms with van der Waals surface area (Å²) in [6.45, 7) is 10.7. The van der Waals surface area contributed by atoms with Crippen molar-refractivity contribution in [1.29, 1.82) is 0 Å². The minimum atomic E-state index is -0.992. The quantitative estimate of drug-likeness (QED) is 0.798. The van der Waals surface area contributed by atoms with Crippen LogP contribution in [0.5, 0.6) is 0 Å². The van der Waals surface area contributed by atoms with Gasteiger partial charge in [-0.2, -0.15) is 4.90 Å². The molecule has 1 aromatic rings. The van der Waals surface area contributed by atoms with Crippen LogP contribution in [0.2, 0.25) is 0 Å². The summed E-state index contributed by atoms with van der Waals surface area (Å²) < 4.78 is 10.8. The second-order valence-corrected chi connectivity index (χ2v) is 9.28. The van der Waals surface area contributed by atoms with Crippen LogP contribution in [0, 0.1) is 0 Å². The average molecular weight is 405 g/mol. The van der Waals surface area contributed by atoms with E-state index in [1.54, 1.807) is 41.5 Å². The highest BCUT2D eigenvalue weighted by Crippen LogP contribution is 2.27. The molecule has 29 heavy (non-hydrogen) atoms. The second-order valence-electron chi connectivity index (χ2n) is 9.28. The molecule has 0 saturated carbocycles. The summed E-state index contributed by atoms with van der Waals surface area (Å²) in [7, 11) is 0. The monoisotopic (exact) mass is 404 g/mol. The van der Waals surface area contributed by atoms with Crippen molar-refractivity contribution in [3.63, 3.8) is 0 Å². The van der Waals surface area contributed by atoms with E-state index in [1.165, 1.54) is 0 Å². The summed E-state index contributed by atoms with van der Waals surface area (Å²) in [6.07, 6.45) is -0.811. The second kappa shape index (κ2) is 8.84. The summed E-state index contributed by atoms with van der Waals surface area (Å²) >= 11 is 0. The first-order valence-electron chi connectivity index (χ1n) is 9.95. The van der Waals surface area contributed by atoms with Gasteiger partial charge in [-0.15, -0.1) is 0 Å². The number of nitrogens with one attached hydrogen (secondary N) is 1. The van der Waals surface area contributed by atoms with Gasteiger partial charge in [0.25, 0.3) is 0 Å². The third-order valence-electron chi connectivity index (χ3n) is 4.38. The van der Waals surface area contributed by atoms with Gasteiger partial charge in [-0.3, -0.25) is 4.79 Å². The van der Waals surface area contributed by atoms with Crippen LogP contribution in [0.1, 0.15) is 65.9 Å². The van der Waals surface area contributed by atoms with Crippen molar-refractivity contribution in [2.75, 3.05) is 6.54 Å². The maximum atomic E-state index is 12.8. The Hall–Kier alpha value is -2.57. The predicted molar refractivity (Wildman–Crippen MR) is 110 cm³/mol. The molecule has 0 spiro atoms. The lowest BCUT2D eigenvalue weighted by molar-refractivity contribution is -0.126. The first kappa shape index (κ1) is 22.7. The summed E-state index contributed by atoms with van der Waals surface area (Å²) in [5.74, 6) is -0.288. The van der Waals surface area contributed by atoms with Crippen LogP contribution in [0.15, 0.2) is 30.3 Å². The topological polar surface area (TPSA) is 84.9 Å². The van der Waals surface area contributed by atoms with Crippen molar-refractivity contribution in [2.45, 2.75) is 77.5 Å². The predicted octanol–water partition coefficient (Wildman–Crippen LogP) is 4.22. The number of carbonyl (C=O) groups excluding carboxylic acids is 3. The fourth-order valence-corrected chi connectivity index (χ4v) is 3.14. The lowest BCUT2D eigenvalue weighted by Gasteiger charge is -2.32. The summed E-state index contributed by atoms with van der Waals surface area (Å²) in [5.41, 5.74) is -0.523. The van der Waals surface area contributed by atoms with E-state index in [1.807, 2.05) is 30.3 Å². The Morgan fingerprint density at radius 2 is 1.45 bits per heavy atom. The highest BCUT2D eigenvalue weighted by atomic mass is 16.6. The SMILES string of the molecule is CC(C)(C)OC(=O)N(C(=O)OC(C)(C)C)C1CCC(c2ccccc2)CNC1=O. The molecule has 1 fully saturated rings. The Morgan fingerprint density at radius 3 is 1.93 bits per heavy atom. The third-order valence-corrected chi connectivity index (χ3v) is 4.38. The van der Waals surface area contributed by atoms with E-state index in [0.717, 1.165) is 10.5 Å². The van der Waals surface area contributed by atoms with Crippen molar-refractivity contribution in [3.05, 3.63) is 35.9 Å². The van der Waals surface area contributed by atoms with Crippen LogP contribution < -0.4 is 5.32 Å². The van der Waals surface area contributed by atoms with Gasteiger partial charge >= 0.3 is 12.2 Å². The van der Waals surface area contributed by atoms with Gasteiger partial charge in [0.05, 0.1) is 0 Å². The minimum absolute atomic E-state index is 0.101. The molecule has 7 heteroatoms. The Labute approximate surface area is 172 Å². The van der Waals surface area contributed by atoms with Gasteiger partial charge in [0, 0.05) is 12.5 Å². The lowest BCUT2D eigenvalue weighted by atomic mass is 9.93. The Kier molecular flexibility index (Phi) is 6.93. The zero-order chi connectivity index (χ0) is 21.8. The molecule has 1 aliphatic rings. The maximum absolute atomic E-state index is 12.8. The number of hydrogen-bond donors (Lipinski definition) is 1. The largest absolute Gasteiger partial charge is 0.443 e. The van der Waals surface area contributed by atoms with Crippen LogP contribution >= 0.6 is 0 Å². The third kappa shape index (κ3) is 6.76. The molecule has 3 amide bonds. The van der Waals surface area contributed by atoms with Gasteiger partial charge in [0.2, 0.25) is 5.91 Å². The van der Waals surface area contributed by atoms with E-state index in [-0.39, 0.29) is 11.8 Å². The number of carbonyl (C=O) groups is 3. The molecule has 1 heterocycles. The number of nitrogens with zero attached hydrogens (tertiary/aromatic N) is 1. The molecule has 1 saturated heterocycles. The molecular formula is C22H32N2O5. The van der Waals surface area contributed by atoms with Crippen LogP contribution in [-0.4, -0.2) is 46.8 Å². The minimum Gasteiger partial charge on any atom is -0.443 e. The van der Waals surface area contributed by atoms with Crippen molar-refractivity contribution < 1.29 is 23.9 Å². The zero-order valence-corrected chi connectivity index (χ0v) is 18.2. The molecule has 1 aromatic carbocycles. The fourth-order valence-electron chi connectivity index (χ4n) is 3.14. The van der Waals surface area contributed by atoms with Crippen LogP contribution in [-0.2, 0) is 14.3 Å². The van der Waals surface area contributed by atoms with Gasteiger partial charge < -0.3 is 14.8 Å². The molecule has 2 unspecified atom stereocenters. The number of hydrogen-bond acceptors (Lipinski definition) is 5. The van der Waals surface area contributed by atoms with Crippen LogP contribution in [0.25, 0.3) is 0 Å². The average Bonchev–Trinajstić information content (AvgIpc) is 2.75. The first-order chi connectivity index (χ1) is 13.4. The van der Waals surface area contributed by atoms with E-state index in [0.29, 0.717) is 19.4 Å². The molecule has 0 aliphatic carbocycles. The first-order valence-corrected chi connectivity index (χ1v) is 9.95. The highest BCUT2D eigenvalue weighted by molar-refractivity contribution is 5.95. The molecule has 2 rings (SSSR count). The highest BCUT2D eigenvalue weighted by Gasteiger charge is 2.41. The van der Waals surface area contributed by atoms with Gasteiger partial charge in [0.15, 0.2) is 0 Å². The molecule has 7 nitrogen and oxygen atoms in total. The summed E-state index contributed by atoms with van der Waals surface area (Å²) in [6, 6.07) is 8.87. The van der Waals surface area contributed by atoms with Crippen molar-refractivity contribution >= 4 is 18.1 Å². The van der Waals surface area contributed by atoms with Gasteiger partial charge in [0.1, 0.15) is 17.2 Å². The van der Waals surface area contributed by atoms with Gasteiger partial charge in [-0.1, -0.05) is 30.3 Å². The summed E-state index contributed by atoms with van der Waals surface area (Å²) in [5, 5.41) is 2.86. The van der Waals surface area contributed by atoms with Gasteiger partial charge in [-0.05, 0) is 59.9 Å². The molecule has 0 radical (unpaired) electrons. The maximum Gasteiger partial charge on any atom is 0.420 e. The Morgan fingerprint density at radius 1 is 0.931 bits per heavy atom. The van der Waals surface area contributed by atoms with E-state index in [4.69, 9.17) is 9.47 Å². The molecule has 0 aromatic heterocycles. The normalized spacial score (nSPS) is 20.3. The number of ether oxygens (including phenoxy) is 2. The molecule has 1 aliphatic heterocycles. The Balaban J connectivity index is 2.27. The smallest absolute Gasteiger partial charge is 0.420 e. The van der Waals surface area contributed by atoms with E-state index in [9.17, 15) is 14.4 Å². The van der Waals surface area contributed by atoms with Gasteiger partial charge in [-0.25, -0.2) is 9.59 Å². The number of rotatable bonds is 2. The summed E-state index contributed by atoms with van der Waals surface area (Å²) in [4.78, 5) is 39.3. The Bertz CT molecular complexity index is 706. The van der Waals surface area contributed by atoms with Crippen LogP contribution in [0.3, 0.4) is 0 Å². The number of benzene rings is 1. The number of amides is 3. The van der Waals surface area contributed by atoms with Crippen molar-refractivity contribution in [1.82, 2.24) is 10.2 Å².